The number of halogens is 1. The van der Waals surface area contributed by atoms with Gasteiger partial charge in [0, 0.05) is 18.4 Å². The molecule has 1 aromatic carbocycles. The summed E-state index contributed by atoms with van der Waals surface area (Å²) >= 11 is 6.25. The van der Waals surface area contributed by atoms with Crippen LogP contribution in [0.3, 0.4) is 0 Å². The molecule has 4 heteroatoms. The van der Waals surface area contributed by atoms with Crippen LogP contribution in [0.15, 0.2) is 36.5 Å². The second kappa shape index (κ2) is 5.73. The Balaban J connectivity index is 2.52. The van der Waals surface area contributed by atoms with Gasteiger partial charge in [-0.15, -0.1) is 0 Å². The minimum Gasteiger partial charge on any atom is -0.325 e. The SMILES string of the molecule is CCN(c1cccc(C)c1)c1nccc(C#N)c1Cl. The van der Waals surface area contributed by atoms with Crippen molar-refractivity contribution in [1.82, 2.24) is 4.98 Å². The summed E-state index contributed by atoms with van der Waals surface area (Å²) in [5.41, 5.74) is 2.63. The summed E-state index contributed by atoms with van der Waals surface area (Å²) in [5.74, 6) is 0.619. The highest BCUT2D eigenvalue weighted by Gasteiger charge is 2.15. The molecule has 0 aliphatic heterocycles. The van der Waals surface area contributed by atoms with E-state index in [0.717, 1.165) is 12.2 Å². The molecular weight excluding hydrogens is 258 g/mol. The molecule has 1 aromatic heterocycles. The zero-order chi connectivity index (χ0) is 13.8. The van der Waals surface area contributed by atoms with Gasteiger partial charge in [0.1, 0.15) is 11.1 Å². The van der Waals surface area contributed by atoms with Crippen LogP contribution in [-0.2, 0) is 0 Å². The third kappa shape index (κ3) is 2.69. The van der Waals surface area contributed by atoms with Gasteiger partial charge in [-0.2, -0.15) is 5.26 Å². The van der Waals surface area contributed by atoms with Crippen LogP contribution in [0.2, 0.25) is 5.02 Å². The Morgan fingerprint density at radius 2 is 2.16 bits per heavy atom. The fourth-order valence-electron chi connectivity index (χ4n) is 1.96. The molecule has 0 saturated heterocycles. The number of aromatic nitrogens is 1. The minimum atomic E-state index is 0.397. The average Bonchev–Trinajstić information content (AvgIpc) is 2.41. The maximum Gasteiger partial charge on any atom is 0.153 e. The zero-order valence-corrected chi connectivity index (χ0v) is 11.6. The van der Waals surface area contributed by atoms with Gasteiger partial charge in [0.25, 0.3) is 0 Å². The van der Waals surface area contributed by atoms with Crippen molar-refractivity contribution in [3.05, 3.63) is 52.7 Å². The zero-order valence-electron chi connectivity index (χ0n) is 10.9. The first-order chi connectivity index (χ1) is 9.17. The summed E-state index contributed by atoms with van der Waals surface area (Å²) < 4.78 is 0. The molecule has 1 heterocycles. The van der Waals surface area contributed by atoms with E-state index >= 15 is 0 Å². The third-order valence-electron chi connectivity index (χ3n) is 2.88. The smallest absolute Gasteiger partial charge is 0.153 e. The van der Waals surface area contributed by atoms with Crippen molar-refractivity contribution in [2.24, 2.45) is 0 Å². The summed E-state index contributed by atoms with van der Waals surface area (Å²) in [4.78, 5) is 6.30. The number of hydrogen-bond donors (Lipinski definition) is 0. The first-order valence-electron chi connectivity index (χ1n) is 6.06. The molecule has 0 saturated carbocycles. The number of rotatable bonds is 3. The number of nitrogens with zero attached hydrogens (tertiary/aromatic N) is 3. The Hall–Kier alpha value is -2.05. The van der Waals surface area contributed by atoms with E-state index in [0.29, 0.717) is 16.4 Å². The number of pyridine rings is 1. The predicted molar refractivity (Wildman–Crippen MR) is 77.8 cm³/mol. The van der Waals surface area contributed by atoms with Crippen LogP contribution in [-0.4, -0.2) is 11.5 Å². The van der Waals surface area contributed by atoms with E-state index in [4.69, 9.17) is 16.9 Å². The largest absolute Gasteiger partial charge is 0.325 e. The molecule has 2 rings (SSSR count). The first kappa shape index (κ1) is 13.4. The maximum atomic E-state index is 9.03. The molecule has 19 heavy (non-hydrogen) atoms. The number of hydrogen-bond acceptors (Lipinski definition) is 3. The molecule has 0 radical (unpaired) electrons. The molecule has 0 N–H and O–H groups in total. The van der Waals surface area contributed by atoms with Gasteiger partial charge >= 0.3 is 0 Å². The lowest BCUT2D eigenvalue weighted by atomic mass is 10.2. The number of benzene rings is 1. The van der Waals surface area contributed by atoms with Gasteiger partial charge in [-0.25, -0.2) is 4.98 Å². The average molecular weight is 272 g/mol. The molecule has 0 fully saturated rings. The van der Waals surface area contributed by atoms with E-state index in [-0.39, 0.29) is 0 Å². The van der Waals surface area contributed by atoms with E-state index in [9.17, 15) is 0 Å². The second-order valence-electron chi connectivity index (χ2n) is 4.19. The first-order valence-corrected chi connectivity index (χ1v) is 6.44. The predicted octanol–water partition coefficient (Wildman–Crippen LogP) is 4.07. The summed E-state index contributed by atoms with van der Waals surface area (Å²) in [6.45, 7) is 4.79. The van der Waals surface area contributed by atoms with Crippen molar-refractivity contribution >= 4 is 23.1 Å². The van der Waals surface area contributed by atoms with Crippen LogP contribution in [0.1, 0.15) is 18.1 Å². The number of aryl methyl sites for hydroxylation is 1. The number of anilines is 2. The Morgan fingerprint density at radius 3 is 2.79 bits per heavy atom. The number of nitriles is 1. The van der Waals surface area contributed by atoms with Gasteiger partial charge in [-0.3, -0.25) is 0 Å². The minimum absolute atomic E-state index is 0.397. The van der Waals surface area contributed by atoms with E-state index in [2.05, 4.69) is 17.1 Å². The van der Waals surface area contributed by atoms with Gasteiger partial charge in [0.2, 0.25) is 0 Å². The summed E-state index contributed by atoms with van der Waals surface area (Å²) in [6.07, 6.45) is 1.61. The van der Waals surface area contributed by atoms with Gasteiger partial charge in [-0.1, -0.05) is 23.7 Å². The Labute approximate surface area is 118 Å². The molecule has 2 aromatic rings. The molecule has 3 nitrogen and oxygen atoms in total. The van der Waals surface area contributed by atoms with Gasteiger partial charge in [0.15, 0.2) is 5.82 Å². The molecule has 0 unspecified atom stereocenters. The van der Waals surface area contributed by atoms with Crippen LogP contribution in [0.25, 0.3) is 0 Å². The monoisotopic (exact) mass is 271 g/mol. The highest BCUT2D eigenvalue weighted by atomic mass is 35.5. The summed E-state index contributed by atoms with van der Waals surface area (Å²) in [6, 6.07) is 11.8. The second-order valence-corrected chi connectivity index (χ2v) is 4.57. The lowest BCUT2D eigenvalue weighted by molar-refractivity contribution is 0.987. The molecular formula is C15H14ClN3. The lowest BCUT2D eigenvalue weighted by Crippen LogP contribution is -2.18. The van der Waals surface area contributed by atoms with Gasteiger partial charge in [0.05, 0.1) is 5.56 Å². The van der Waals surface area contributed by atoms with Crippen molar-refractivity contribution in [2.45, 2.75) is 13.8 Å². The summed E-state index contributed by atoms with van der Waals surface area (Å²) in [5, 5.41) is 9.43. The Kier molecular flexibility index (Phi) is 4.03. The molecule has 0 atom stereocenters. The van der Waals surface area contributed by atoms with E-state index in [1.165, 1.54) is 5.56 Å². The van der Waals surface area contributed by atoms with E-state index < -0.39 is 0 Å². The Bertz CT molecular complexity index is 632. The van der Waals surface area contributed by atoms with Gasteiger partial charge < -0.3 is 4.90 Å². The topological polar surface area (TPSA) is 39.9 Å². The van der Waals surface area contributed by atoms with Gasteiger partial charge in [-0.05, 0) is 37.6 Å². The molecule has 0 spiro atoms. The molecule has 96 valence electrons. The van der Waals surface area contributed by atoms with Crippen LogP contribution >= 0.6 is 11.6 Å². The standard InChI is InChI=1S/C15H14ClN3/c1-3-19(13-6-4-5-11(2)9-13)15-14(16)12(10-17)7-8-18-15/h4-9H,3H2,1-2H3. The van der Waals surface area contributed by atoms with Crippen molar-refractivity contribution in [2.75, 3.05) is 11.4 Å². The molecule has 0 aliphatic rings. The normalized spacial score (nSPS) is 10.0. The van der Waals surface area contributed by atoms with Crippen LogP contribution in [0.4, 0.5) is 11.5 Å². The fourth-order valence-corrected chi connectivity index (χ4v) is 2.21. The molecule has 0 bridgehead atoms. The van der Waals surface area contributed by atoms with Crippen LogP contribution in [0, 0.1) is 18.3 Å². The lowest BCUT2D eigenvalue weighted by Gasteiger charge is -2.23. The highest BCUT2D eigenvalue weighted by Crippen LogP contribution is 2.31. The van der Waals surface area contributed by atoms with Crippen molar-refractivity contribution in [1.29, 1.82) is 5.26 Å². The fraction of sp³-hybridized carbons (Fsp3) is 0.200. The van der Waals surface area contributed by atoms with Crippen molar-refractivity contribution in [3.63, 3.8) is 0 Å². The van der Waals surface area contributed by atoms with Crippen molar-refractivity contribution < 1.29 is 0 Å². The highest BCUT2D eigenvalue weighted by molar-refractivity contribution is 6.34. The maximum absolute atomic E-state index is 9.03. The quantitative estimate of drug-likeness (QED) is 0.845. The summed E-state index contributed by atoms with van der Waals surface area (Å²) in [7, 11) is 0. The third-order valence-corrected chi connectivity index (χ3v) is 3.25. The van der Waals surface area contributed by atoms with Crippen LogP contribution < -0.4 is 4.90 Å². The Morgan fingerprint density at radius 1 is 1.37 bits per heavy atom. The molecule has 0 amide bonds. The van der Waals surface area contributed by atoms with E-state index in [1.807, 2.05) is 36.9 Å². The van der Waals surface area contributed by atoms with Crippen molar-refractivity contribution in [3.8, 4) is 6.07 Å². The van der Waals surface area contributed by atoms with E-state index in [1.54, 1.807) is 12.3 Å². The van der Waals surface area contributed by atoms with Crippen LogP contribution in [0.5, 0.6) is 0 Å². The molecule has 0 aliphatic carbocycles.